The predicted molar refractivity (Wildman–Crippen MR) is 105 cm³/mol. The number of fused-ring (bicyclic) bond motifs is 1. The summed E-state index contributed by atoms with van der Waals surface area (Å²) in [7, 11) is 0. The van der Waals surface area contributed by atoms with Crippen molar-refractivity contribution in [1.29, 1.82) is 0 Å². The molecule has 128 valence electrons. The second-order valence-electron chi connectivity index (χ2n) is 6.73. The number of aliphatic hydroxyl groups is 1. The van der Waals surface area contributed by atoms with Crippen LogP contribution in [0.25, 0.3) is 10.8 Å². The monoisotopic (exact) mass is 332 g/mol. The van der Waals surface area contributed by atoms with Gasteiger partial charge >= 0.3 is 0 Å². The van der Waals surface area contributed by atoms with Crippen molar-refractivity contribution >= 4 is 22.1 Å². The van der Waals surface area contributed by atoms with Crippen molar-refractivity contribution in [3.8, 4) is 0 Å². The fourth-order valence-electron chi connectivity index (χ4n) is 3.64. The molecular weight excluding hydrogens is 308 g/mol. The first-order chi connectivity index (χ1) is 12.3. The van der Waals surface area contributed by atoms with E-state index in [1.807, 2.05) is 0 Å². The maximum atomic E-state index is 9.75. The Bertz CT molecular complexity index is 848. The molecule has 1 aliphatic heterocycles. The Kier molecular flexibility index (Phi) is 4.57. The highest BCUT2D eigenvalue weighted by Gasteiger charge is 2.19. The lowest BCUT2D eigenvalue weighted by Gasteiger charge is -2.33. The van der Waals surface area contributed by atoms with Gasteiger partial charge in [0.25, 0.3) is 0 Å². The van der Waals surface area contributed by atoms with Crippen molar-refractivity contribution in [3.05, 3.63) is 72.3 Å². The third-order valence-electron chi connectivity index (χ3n) is 5.06. The summed E-state index contributed by atoms with van der Waals surface area (Å²) in [5, 5.41) is 16.0. The van der Waals surface area contributed by atoms with Crippen LogP contribution in [-0.4, -0.2) is 24.3 Å². The summed E-state index contributed by atoms with van der Waals surface area (Å²) in [6.07, 6.45) is 1.54. The van der Waals surface area contributed by atoms with Gasteiger partial charge < -0.3 is 15.3 Å². The molecule has 0 saturated carbocycles. The van der Waals surface area contributed by atoms with Crippen molar-refractivity contribution in [2.24, 2.45) is 0 Å². The fraction of sp³-hybridized carbons (Fsp3) is 0.273. The van der Waals surface area contributed by atoms with Gasteiger partial charge in [-0.1, -0.05) is 54.6 Å². The number of hydrogen-bond acceptors (Lipinski definition) is 3. The molecule has 1 fully saturated rings. The molecule has 0 amide bonds. The Morgan fingerprint density at radius 2 is 1.60 bits per heavy atom. The minimum Gasteiger partial charge on any atom is -0.393 e. The van der Waals surface area contributed by atoms with E-state index in [1.165, 1.54) is 22.0 Å². The van der Waals surface area contributed by atoms with Crippen molar-refractivity contribution < 1.29 is 5.11 Å². The minimum atomic E-state index is -0.146. The summed E-state index contributed by atoms with van der Waals surface area (Å²) in [4.78, 5) is 2.37. The largest absolute Gasteiger partial charge is 0.393 e. The number of nitrogens with one attached hydrogen (secondary N) is 1. The van der Waals surface area contributed by atoms with E-state index in [4.69, 9.17) is 0 Å². The van der Waals surface area contributed by atoms with Crippen LogP contribution in [0.2, 0.25) is 0 Å². The Morgan fingerprint density at radius 1 is 0.880 bits per heavy atom. The summed E-state index contributed by atoms with van der Waals surface area (Å²) in [6, 6.07) is 23.5. The first-order valence-electron chi connectivity index (χ1n) is 9.04. The lowest BCUT2D eigenvalue weighted by molar-refractivity contribution is 0.145. The highest BCUT2D eigenvalue weighted by molar-refractivity contribution is 5.86. The van der Waals surface area contributed by atoms with E-state index in [9.17, 15) is 5.11 Å². The number of hydrogen-bond donors (Lipinski definition) is 2. The molecule has 1 saturated heterocycles. The van der Waals surface area contributed by atoms with E-state index in [2.05, 4.69) is 76.9 Å². The molecule has 0 bridgehead atoms. The van der Waals surface area contributed by atoms with Crippen LogP contribution in [0.15, 0.2) is 66.7 Å². The number of piperidine rings is 1. The molecule has 0 aromatic heterocycles. The van der Waals surface area contributed by atoms with Gasteiger partial charge in [0.1, 0.15) is 0 Å². The van der Waals surface area contributed by atoms with Crippen molar-refractivity contribution in [2.45, 2.75) is 25.5 Å². The molecule has 0 aliphatic carbocycles. The summed E-state index contributed by atoms with van der Waals surface area (Å²) in [5.74, 6) is 0. The summed E-state index contributed by atoms with van der Waals surface area (Å²) in [5.41, 5.74) is 3.70. The molecule has 2 N–H and O–H groups in total. The van der Waals surface area contributed by atoms with Crippen LogP contribution >= 0.6 is 0 Å². The van der Waals surface area contributed by atoms with Crippen LogP contribution in [0.4, 0.5) is 11.4 Å². The predicted octanol–water partition coefficient (Wildman–Crippen LogP) is 4.41. The first-order valence-corrected chi connectivity index (χ1v) is 9.04. The van der Waals surface area contributed by atoms with Crippen LogP contribution in [-0.2, 0) is 6.54 Å². The van der Waals surface area contributed by atoms with E-state index in [-0.39, 0.29) is 6.10 Å². The third-order valence-corrected chi connectivity index (χ3v) is 5.06. The Labute approximate surface area is 148 Å². The smallest absolute Gasteiger partial charge is 0.0602 e. The maximum absolute atomic E-state index is 9.75. The zero-order valence-electron chi connectivity index (χ0n) is 14.4. The van der Waals surface area contributed by atoms with E-state index >= 15 is 0 Å². The lowest BCUT2D eigenvalue weighted by Crippen LogP contribution is -2.36. The van der Waals surface area contributed by atoms with Crippen LogP contribution < -0.4 is 10.2 Å². The molecule has 0 unspecified atom stereocenters. The average Bonchev–Trinajstić information content (AvgIpc) is 2.67. The molecule has 0 atom stereocenters. The van der Waals surface area contributed by atoms with Crippen molar-refractivity contribution in [1.82, 2.24) is 0 Å². The van der Waals surface area contributed by atoms with Crippen LogP contribution in [0, 0.1) is 0 Å². The number of rotatable bonds is 4. The van der Waals surface area contributed by atoms with E-state index in [0.717, 1.165) is 38.2 Å². The third kappa shape index (κ3) is 3.47. The molecule has 1 aliphatic rings. The zero-order chi connectivity index (χ0) is 17.1. The zero-order valence-corrected chi connectivity index (χ0v) is 14.4. The topological polar surface area (TPSA) is 35.5 Å². The molecule has 3 nitrogen and oxygen atoms in total. The molecule has 25 heavy (non-hydrogen) atoms. The second-order valence-corrected chi connectivity index (χ2v) is 6.73. The Balaban J connectivity index is 1.55. The van der Waals surface area contributed by atoms with Gasteiger partial charge in [-0.2, -0.15) is 0 Å². The minimum absolute atomic E-state index is 0.146. The average molecular weight is 332 g/mol. The number of nitrogens with zero attached hydrogens (tertiary/aromatic N) is 1. The lowest BCUT2D eigenvalue weighted by atomic mass is 10.0. The quantitative estimate of drug-likeness (QED) is 0.743. The molecule has 3 aromatic rings. The molecule has 1 heterocycles. The van der Waals surface area contributed by atoms with Gasteiger partial charge in [-0.25, -0.2) is 0 Å². The number of anilines is 2. The van der Waals surface area contributed by atoms with E-state index in [1.54, 1.807) is 0 Å². The second kappa shape index (κ2) is 7.16. The van der Waals surface area contributed by atoms with Crippen molar-refractivity contribution in [2.75, 3.05) is 23.3 Å². The summed E-state index contributed by atoms with van der Waals surface area (Å²) >= 11 is 0. The fourth-order valence-corrected chi connectivity index (χ4v) is 3.64. The molecule has 3 heteroatoms. The number of benzene rings is 3. The summed E-state index contributed by atoms with van der Waals surface area (Å²) < 4.78 is 0. The van der Waals surface area contributed by atoms with Gasteiger partial charge in [0.2, 0.25) is 0 Å². The standard InChI is InChI=1S/C22H24N2O/c25-19-12-14-24(15-13-19)22-11-4-3-10-21(22)23-16-18-8-5-7-17-6-1-2-9-20(17)18/h1-11,19,23,25H,12-16H2. The molecule has 3 aromatic carbocycles. The van der Waals surface area contributed by atoms with Gasteiger partial charge in [-0.05, 0) is 41.3 Å². The first kappa shape index (κ1) is 16.0. The highest BCUT2D eigenvalue weighted by atomic mass is 16.3. The van der Waals surface area contributed by atoms with E-state index in [0.29, 0.717) is 0 Å². The normalized spacial score (nSPS) is 15.5. The van der Waals surface area contributed by atoms with Gasteiger partial charge in [-0.15, -0.1) is 0 Å². The molecule has 0 radical (unpaired) electrons. The van der Waals surface area contributed by atoms with Gasteiger partial charge in [0.05, 0.1) is 17.5 Å². The Hall–Kier alpha value is -2.52. The van der Waals surface area contributed by atoms with Crippen LogP contribution in [0.1, 0.15) is 18.4 Å². The van der Waals surface area contributed by atoms with Gasteiger partial charge in [0, 0.05) is 19.6 Å². The van der Waals surface area contributed by atoms with Gasteiger partial charge in [-0.3, -0.25) is 0 Å². The number of para-hydroxylation sites is 2. The molecule has 4 rings (SSSR count). The van der Waals surface area contributed by atoms with Gasteiger partial charge in [0.15, 0.2) is 0 Å². The van der Waals surface area contributed by atoms with Crippen molar-refractivity contribution in [3.63, 3.8) is 0 Å². The molecular formula is C22H24N2O. The summed E-state index contributed by atoms with van der Waals surface area (Å²) in [6.45, 7) is 2.62. The maximum Gasteiger partial charge on any atom is 0.0602 e. The SMILES string of the molecule is OC1CCN(c2ccccc2NCc2cccc3ccccc23)CC1. The van der Waals surface area contributed by atoms with Crippen LogP contribution in [0.5, 0.6) is 0 Å². The number of aliphatic hydroxyl groups excluding tert-OH is 1. The van der Waals surface area contributed by atoms with E-state index < -0.39 is 0 Å². The molecule has 0 spiro atoms. The Morgan fingerprint density at radius 3 is 2.48 bits per heavy atom. The highest BCUT2D eigenvalue weighted by Crippen LogP contribution is 2.29. The van der Waals surface area contributed by atoms with Crippen LogP contribution in [0.3, 0.4) is 0 Å².